The fourth-order valence-corrected chi connectivity index (χ4v) is 5.38. The van der Waals surface area contributed by atoms with E-state index in [0.717, 1.165) is 40.0 Å². The monoisotopic (exact) mass is 653 g/mol. The van der Waals surface area contributed by atoms with Crippen LogP contribution in [0.1, 0.15) is 22.4 Å². The van der Waals surface area contributed by atoms with E-state index in [4.69, 9.17) is 0 Å². The van der Waals surface area contributed by atoms with Crippen molar-refractivity contribution in [1.29, 1.82) is 0 Å². The summed E-state index contributed by atoms with van der Waals surface area (Å²) in [5.41, 5.74) is 12.2. The summed E-state index contributed by atoms with van der Waals surface area (Å²) in [6, 6.07) is 34.4. The van der Waals surface area contributed by atoms with Crippen LogP contribution in [0.15, 0.2) is 83.3 Å². The molecule has 0 amide bonds. The minimum atomic E-state index is 0. The third-order valence-corrected chi connectivity index (χ3v) is 6.89. The second-order valence-corrected chi connectivity index (χ2v) is 9.11. The van der Waals surface area contributed by atoms with E-state index in [2.05, 4.69) is 115 Å². The molecule has 0 N–H and O–H groups in total. The fourth-order valence-electron chi connectivity index (χ4n) is 4.99. The summed E-state index contributed by atoms with van der Waals surface area (Å²) >= 11 is 4.66. The number of fused-ring (bicyclic) bond motifs is 8. The van der Waals surface area contributed by atoms with Crippen LogP contribution >= 0.6 is 24.8 Å². The molecule has 1 aromatic heterocycles. The van der Waals surface area contributed by atoms with Crippen molar-refractivity contribution >= 4 is 35.7 Å². The summed E-state index contributed by atoms with van der Waals surface area (Å²) in [6.07, 6.45) is 2.08. The van der Waals surface area contributed by atoms with Gasteiger partial charge in [-0.1, -0.05) is 63.6 Å². The number of nitrogens with zero attached hydrogens (tertiary/aromatic N) is 1. The zero-order valence-corrected chi connectivity index (χ0v) is 25.3. The van der Waals surface area contributed by atoms with Crippen LogP contribution in [-0.2, 0) is 42.6 Å². The van der Waals surface area contributed by atoms with Gasteiger partial charge in [0.2, 0.25) is 0 Å². The molecule has 1 heterocycles. The molecule has 4 aromatic carbocycles. The summed E-state index contributed by atoms with van der Waals surface area (Å²) in [5, 5.41) is 1.34. The van der Waals surface area contributed by atoms with E-state index in [1.807, 2.05) is 12.1 Å². The van der Waals surface area contributed by atoms with E-state index in [0.29, 0.717) is 0 Å². The van der Waals surface area contributed by atoms with Crippen LogP contribution in [-0.4, -0.2) is 4.57 Å². The van der Waals surface area contributed by atoms with Gasteiger partial charge in [0.15, 0.2) is 0 Å². The Hall–Kier alpha value is -1.42. The van der Waals surface area contributed by atoms with Gasteiger partial charge in [-0.3, -0.25) is 0 Å². The first-order valence-electron chi connectivity index (χ1n) is 10.8. The van der Waals surface area contributed by atoms with Gasteiger partial charge in [-0.15, -0.1) is 80.6 Å². The number of halogens is 3. The van der Waals surface area contributed by atoms with Crippen LogP contribution in [0.4, 0.5) is 0 Å². The molecule has 1 nitrogen and oxygen atoms in total. The Morgan fingerprint density at radius 2 is 1.54 bits per heavy atom. The van der Waals surface area contributed by atoms with Crippen LogP contribution in [0.5, 0.6) is 0 Å². The van der Waals surface area contributed by atoms with Crippen molar-refractivity contribution in [2.24, 2.45) is 7.05 Å². The van der Waals surface area contributed by atoms with Crippen LogP contribution in [0, 0.1) is 12.1 Å². The summed E-state index contributed by atoms with van der Waals surface area (Å²) < 4.78 is 3.42. The molecule has 0 bridgehead atoms. The molecule has 0 unspecified atom stereocenters. The van der Waals surface area contributed by atoms with Crippen molar-refractivity contribution in [3.63, 3.8) is 0 Å². The van der Waals surface area contributed by atoms with Crippen molar-refractivity contribution in [2.45, 2.75) is 12.8 Å². The molecule has 5 aromatic rings. The number of hydrogen-bond acceptors (Lipinski definition) is 1. The Kier molecular flexibility index (Phi) is 9.83. The number of para-hydroxylation sites is 1. The molecular weight excluding hydrogens is 636 g/mol. The molecule has 0 spiro atoms. The van der Waals surface area contributed by atoms with Crippen LogP contribution < -0.4 is 24.8 Å². The molecule has 0 radical (unpaired) electrons. The first-order valence-corrected chi connectivity index (χ1v) is 15.0. The van der Waals surface area contributed by atoms with Crippen molar-refractivity contribution in [1.82, 2.24) is 4.57 Å². The third kappa shape index (κ3) is 5.20. The topological polar surface area (TPSA) is 4.93 Å². The minimum Gasteiger partial charge on any atom is -0.147 e. The van der Waals surface area contributed by atoms with Gasteiger partial charge >= 0.3 is 31.5 Å². The molecule has 2 aliphatic rings. The van der Waals surface area contributed by atoms with Gasteiger partial charge in [0.05, 0.1) is 0 Å². The standard InChI is InChI=1S/C16H11BrN.C13H9.2ClH.S.Zr/c1-18-14-5-3-2-4-13(14)16-12-7-6-11(17)8-10(12)9-15(16)18;1-3-7-12-10(5-1)9-11-6-2-4-8-13(11)12;;;;/h2-6,8H,9H2,1H3;1-7H,9H2;2*1H;;/q2*-1;;;;+2/p-2. The van der Waals surface area contributed by atoms with E-state index in [9.17, 15) is 0 Å². The van der Waals surface area contributed by atoms with Gasteiger partial charge in [0, 0.05) is 12.6 Å². The summed E-state index contributed by atoms with van der Waals surface area (Å²) in [5.74, 6) is 0. The molecule has 0 fully saturated rings. The van der Waals surface area contributed by atoms with Crippen molar-refractivity contribution in [3.8, 4) is 22.3 Å². The SMILES string of the molecule is Cn1c2c(c3ccccc31)-c1[c-]cc(Br)cc1C2.[Cl-].[Cl-].[S]=[Zr+2].[c-]1cccc2c1-c1ccccc1C2. The maximum atomic E-state index is 4.17. The van der Waals surface area contributed by atoms with Gasteiger partial charge < -0.3 is 29.4 Å². The molecule has 174 valence electrons. The number of aryl methyl sites for hydroxylation is 1. The van der Waals surface area contributed by atoms with Crippen LogP contribution in [0.2, 0.25) is 0 Å². The maximum absolute atomic E-state index is 4.17. The smallest absolute Gasteiger partial charge is 0.0454 e. The number of aromatic nitrogens is 1. The minimum absolute atomic E-state index is 0. The molecule has 2 aliphatic carbocycles. The number of benzene rings is 4. The van der Waals surface area contributed by atoms with Crippen LogP contribution in [0.25, 0.3) is 33.2 Å². The summed E-state index contributed by atoms with van der Waals surface area (Å²) in [4.78, 5) is 0. The van der Waals surface area contributed by atoms with Crippen molar-refractivity contribution < 1.29 is 47.5 Å². The van der Waals surface area contributed by atoms with Crippen molar-refractivity contribution in [3.05, 3.63) is 118 Å². The molecule has 6 heteroatoms. The zero-order valence-electron chi connectivity index (χ0n) is 18.9. The molecule has 0 saturated carbocycles. The van der Waals surface area contributed by atoms with E-state index >= 15 is 0 Å². The maximum Gasteiger partial charge on any atom is -0.0454 e. The second-order valence-electron chi connectivity index (χ2n) is 8.20. The van der Waals surface area contributed by atoms with E-state index in [-0.39, 0.29) is 24.8 Å². The molecular formula is C29H20BrCl2NSZr-2. The fraction of sp³-hybridized carbons (Fsp3) is 0.103. The Labute approximate surface area is 245 Å². The molecule has 0 aliphatic heterocycles. The Morgan fingerprint density at radius 3 is 2.37 bits per heavy atom. The first-order chi connectivity index (χ1) is 16.2. The average Bonchev–Trinajstić information content (AvgIpc) is 3.51. The normalized spacial score (nSPS) is 11.3. The van der Waals surface area contributed by atoms with E-state index < -0.39 is 0 Å². The predicted octanol–water partition coefficient (Wildman–Crippen LogP) is 2.02. The summed E-state index contributed by atoms with van der Waals surface area (Å²) in [7, 11) is 6.33. The quantitative estimate of drug-likeness (QED) is 0.227. The number of hydrogen-bond donors (Lipinski definition) is 0. The Balaban J connectivity index is 0.000000180. The van der Waals surface area contributed by atoms with Crippen molar-refractivity contribution in [2.75, 3.05) is 0 Å². The first kappa shape index (κ1) is 28.2. The van der Waals surface area contributed by atoms with Gasteiger partial charge in [0.25, 0.3) is 0 Å². The average molecular weight is 657 g/mol. The Bertz CT molecular complexity index is 1450. The zero-order chi connectivity index (χ0) is 22.9. The Morgan fingerprint density at radius 1 is 0.829 bits per heavy atom. The van der Waals surface area contributed by atoms with Crippen LogP contribution in [0.3, 0.4) is 0 Å². The van der Waals surface area contributed by atoms with E-state index in [1.165, 1.54) is 55.5 Å². The van der Waals surface area contributed by atoms with Gasteiger partial charge in [-0.2, -0.15) is 0 Å². The summed E-state index contributed by atoms with van der Waals surface area (Å²) in [6.45, 7) is 0. The van der Waals surface area contributed by atoms with Gasteiger partial charge in [-0.05, 0) is 30.0 Å². The molecule has 7 rings (SSSR count). The van der Waals surface area contributed by atoms with Gasteiger partial charge in [-0.25, -0.2) is 0 Å². The molecule has 0 saturated heterocycles. The third-order valence-electron chi connectivity index (χ3n) is 6.43. The molecule has 35 heavy (non-hydrogen) atoms. The predicted molar refractivity (Wildman–Crippen MR) is 139 cm³/mol. The largest absolute Gasteiger partial charge is 0.147 e. The van der Waals surface area contributed by atoms with Gasteiger partial charge in [0.1, 0.15) is 0 Å². The van der Waals surface area contributed by atoms with E-state index in [1.54, 1.807) is 0 Å². The molecule has 0 atom stereocenters. The number of rotatable bonds is 0. The second kappa shape index (κ2) is 12.2.